The molecule has 0 saturated carbocycles. The van der Waals surface area contributed by atoms with E-state index in [0.29, 0.717) is 11.1 Å². The van der Waals surface area contributed by atoms with Crippen LogP contribution in [0.3, 0.4) is 0 Å². The van der Waals surface area contributed by atoms with Crippen LogP contribution in [0.4, 0.5) is 0 Å². The Labute approximate surface area is 98.3 Å². The second-order valence-corrected chi connectivity index (χ2v) is 3.94. The van der Waals surface area contributed by atoms with Crippen molar-refractivity contribution in [2.45, 2.75) is 25.6 Å². The molecular weight excluding hydrogens is 222 g/mol. The molecule has 0 aromatic heterocycles. The molecule has 2 N–H and O–H groups in total. The van der Waals surface area contributed by atoms with Crippen molar-refractivity contribution in [3.8, 4) is 0 Å². The van der Waals surface area contributed by atoms with Crippen molar-refractivity contribution in [1.82, 2.24) is 4.90 Å². The summed E-state index contributed by atoms with van der Waals surface area (Å²) in [5.41, 5.74) is 0.844. The number of amides is 1. The van der Waals surface area contributed by atoms with Gasteiger partial charge in [0.05, 0.1) is 0 Å². The number of carboxylic acids is 1. The molecule has 1 aliphatic rings. The number of fused-ring (bicyclic) bond motifs is 1. The van der Waals surface area contributed by atoms with Gasteiger partial charge in [-0.25, -0.2) is 4.79 Å². The Kier molecular flexibility index (Phi) is 2.85. The van der Waals surface area contributed by atoms with Crippen molar-refractivity contribution in [3.05, 3.63) is 35.4 Å². The molecule has 5 heteroatoms. The summed E-state index contributed by atoms with van der Waals surface area (Å²) in [6.07, 6.45) is -0.911. The van der Waals surface area contributed by atoms with Gasteiger partial charge in [-0.3, -0.25) is 9.69 Å². The Hall–Kier alpha value is -1.88. The first-order valence-electron chi connectivity index (χ1n) is 5.40. The van der Waals surface area contributed by atoms with E-state index in [1.165, 1.54) is 0 Å². The molecule has 1 aliphatic heterocycles. The lowest BCUT2D eigenvalue weighted by atomic mass is 10.1. The second-order valence-electron chi connectivity index (χ2n) is 3.94. The summed E-state index contributed by atoms with van der Waals surface area (Å²) in [7, 11) is 0. The highest BCUT2D eigenvalue weighted by molar-refractivity contribution is 6.00. The lowest BCUT2D eigenvalue weighted by molar-refractivity contribution is -0.146. The zero-order valence-electron chi connectivity index (χ0n) is 9.33. The number of hydrogen-bond acceptors (Lipinski definition) is 3. The first-order valence-corrected chi connectivity index (χ1v) is 5.40. The maximum absolute atomic E-state index is 12.0. The van der Waals surface area contributed by atoms with Gasteiger partial charge in [-0.15, -0.1) is 0 Å². The van der Waals surface area contributed by atoms with Gasteiger partial charge in [0.2, 0.25) is 0 Å². The summed E-state index contributed by atoms with van der Waals surface area (Å²) in [5.74, 6) is -1.53. The third kappa shape index (κ3) is 1.68. The fraction of sp³-hybridized carbons (Fsp3) is 0.333. The van der Waals surface area contributed by atoms with E-state index < -0.39 is 24.1 Å². The predicted molar refractivity (Wildman–Crippen MR) is 59.3 cm³/mol. The number of hydrogen-bond donors (Lipinski definition) is 2. The van der Waals surface area contributed by atoms with Crippen LogP contribution in [0.15, 0.2) is 24.3 Å². The first kappa shape index (κ1) is 11.6. The highest BCUT2D eigenvalue weighted by Gasteiger charge is 2.41. The number of aliphatic hydroxyl groups is 1. The molecule has 0 fully saturated rings. The molecule has 5 nitrogen and oxygen atoms in total. The van der Waals surface area contributed by atoms with E-state index in [2.05, 4.69) is 0 Å². The van der Waals surface area contributed by atoms with Crippen LogP contribution in [0.25, 0.3) is 0 Å². The molecule has 1 amide bonds. The summed E-state index contributed by atoms with van der Waals surface area (Å²) in [6, 6.07) is 5.63. The fourth-order valence-corrected chi connectivity index (χ4v) is 2.12. The van der Waals surface area contributed by atoms with E-state index >= 15 is 0 Å². The van der Waals surface area contributed by atoms with Crippen LogP contribution in [0.1, 0.15) is 35.5 Å². The third-order valence-electron chi connectivity index (χ3n) is 2.97. The molecular formula is C12H13NO4. The summed E-state index contributed by atoms with van der Waals surface area (Å²) >= 11 is 0. The average Bonchev–Trinajstić information content (AvgIpc) is 2.56. The minimum absolute atomic E-state index is 0.256. The van der Waals surface area contributed by atoms with Crippen molar-refractivity contribution < 1.29 is 19.8 Å². The number of aliphatic hydroxyl groups excluding tert-OH is 1. The minimum Gasteiger partial charge on any atom is -0.480 e. The van der Waals surface area contributed by atoms with Gasteiger partial charge in [-0.05, 0) is 12.5 Å². The second kappa shape index (κ2) is 4.18. The number of carboxylic acid groups (broad SMARTS) is 1. The molecule has 0 spiro atoms. The van der Waals surface area contributed by atoms with Crippen LogP contribution < -0.4 is 0 Å². The molecule has 0 bridgehead atoms. The Morgan fingerprint density at radius 1 is 1.47 bits per heavy atom. The van der Waals surface area contributed by atoms with Gasteiger partial charge in [-0.1, -0.05) is 25.1 Å². The molecule has 0 saturated heterocycles. The zero-order chi connectivity index (χ0) is 12.6. The monoisotopic (exact) mass is 235 g/mol. The van der Waals surface area contributed by atoms with Crippen LogP contribution in [-0.2, 0) is 4.79 Å². The van der Waals surface area contributed by atoms with Gasteiger partial charge in [-0.2, -0.15) is 0 Å². The standard InChI is InChI=1S/C12H13NO4/c1-2-9(12(16)17)13-10(14)7-5-3-4-6-8(7)11(13)15/h3-6,9-10,14H,2H2,1H3,(H,16,17)/t9-,10+/m0/s1. The Morgan fingerprint density at radius 3 is 2.65 bits per heavy atom. The molecule has 0 unspecified atom stereocenters. The summed E-state index contributed by atoms with van der Waals surface area (Å²) < 4.78 is 0. The molecule has 2 atom stereocenters. The third-order valence-corrected chi connectivity index (χ3v) is 2.97. The van der Waals surface area contributed by atoms with E-state index in [-0.39, 0.29) is 6.42 Å². The Morgan fingerprint density at radius 2 is 2.12 bits per heavy atom. The summed E-state index contributed by atoms with van der Waals surface area (Å²) in [4.78, 5) is 24.1. The molecule has 1 heterocycles. The maximum atomic E-state index is 12.0. The van der Waals surface area contributed by atoms with Crippen LogP contribution in [0.2, 0.25) is 0 Å². The minimum atomic E-state index is -1.17. The van der Waals surface area contributed by atoms with Gasteiger partial charge in [0.25, 0.3) is 5.91 Å². The summed E-state index contributed by atoms with van der Waals surface area (Å²) in [5, 5.41) is 19.0. The largest absolute Gasteiger partial charge is 0.480 e. The number of rotatable bonds is 3. The van der Waals surface area contributed by atoms with E-state index in [1.807, 2.05) is 0 Å². The number of carbonyl (C=O) groups excluding carboxylic acids is 1. The Bertz CT molecular complexity index is 471. The van der Waals surface area contributed by atoms with Crippen molar-refractivity contribution in [2.75, 3.05) is 0 Å². The van der Waals surface area contributed by atoms with E-state index in [1.54, 1.807) is 31.2 Å². The maximum Gasteiger partial charge on any atom is 0.326 e. The number of nitrogens with zero attached hydrogens (tertiary/aromatic N) is 1. The van der Waals surface area contributed by atoms with E-state index in [0.717, 1.165) is 4.90 Å². The van der Waals surface area contributed by atoms with Crippen molar-refractivity contribution in [2.24, 2.45) is 0 Å². The molecule has 1 aromatic rings. The van der Waals surface area contributed by atoms with Crippen molar-refractivity contribution in [1.29, 1.82) is 0 Å². The zero-order valence-corrected chi connectivity index (χ0v) is 9.33. The average molecular weight is 235 g/mol. The quantitative estimate of drug-likeness (QED) is 0.819. The highest BCUT2D eigenvalue weighted by atomic mass is 16.4. The van der Waals surface area contributed by atoms with Gasteiger partial charge < -0.3 is 10.2 Å². The number of benzene rings is 1. The number of aliphatic carboxylic acids is 1. The predicted octanol–water partition coefficient (Wildman–Crippen LogP) is 0.997. The molecule has 0 radical (unpaired) electrons. The van der Waals surface area contributed by atoms with E-state index in [4.69, 9.17) is 5.11 Å². The number of carbonyl (C=O) groups is 2. The normalized spacial score (nSPS) is 20.2. The lowest BCUT2D eigenvalue weighted by Gasteiger charge is -2.26. The van der Waals surface area contributed by atoms with Crippen LogP contribution in [0, 0.1) is 0 Å². The smallest absolute Gasteiger partial charge is 0.326 e. The molecule has 2 rings (SSSR count). The first-order chi connectivity index (χ1) is 8.07. The van der Waals surface area contributed by atoms with Gasteiger partial charge >= 0.3 is 5.97 Å². The van der Waals surface area contributed by atoms with Gasteiger partial charge in [0.15, 0.2) is 6.23 Å². The highest BCUT2D eigenvalue weighted by Crippen LogP contribution is 2.33. The van der Waals surface area contributed by atoms with Crippen LogP contribution in [-0.4, -0.2) is 33.0 Å². The van der Waals surface area contributed by atoms with Gasteiger partial charge in [0.1, 0.15) is 6.04 Å². The van der Waals surface area contributed by atoms with Gasteiger partial charge in [0, 0.05) is 11.1 Å². The van der Waals surface area contributed by atoms with Crippen molar-refractivity contribution >= 4 is 11.9 Å². The SMILES string of the molecule is CC[C@@H](C(=O)O)N1C(=O)c2ccccc2[C@H]1O. The lowest BCUT2D eigenvalue weighted by Crippen LogP contribution is -2.43. The molecule has 90 valence electrons. The summed E-state index contributed by atoms with van der Waals surface area (Å²) in [6.45, 7) is 1.67. The van der Waals surface area contributed by atoms with E-state index in [9.17, 15) is 14.7 Å². The van der Waals surface area contributed by atoms with Crippen LogP contribution >= 0.6 is 0 Å². The topological polar surface area (TPSA) is 77.8 Å². The Balaban J connectivity index is 2.42. The molecule has 0 aliphatic carbocycles. The van der Waals surface area contributed by atoms with Crippen LogP contribution in [0.5, 0.6) is 0 Å². The van der Waals surface area contributed by atoms with Crippen molar-refractivity contribution in [3.63, 3.8) is 0 Å². The molecule has 17 heavy (non-hydrogen) atoms. The fourth-order valence-electron chi connectivity index (χ4n) is 2.12. The molecule has 1 aromatic carbocycles.